The summed E-state index contributed by atoms with van der Waals surface area (Å²) in [5.74, 6) is -2.90. The number of sulfone groups is 1. The van der Waals surface area contributed by atoms with Crippen LogP contribution in [0.1, 0.15) is 10.4 Å². The average molecular weight is 1250 g/mol. The first-order chi connectivity index (χ1) is 39.3. The van der Waals surface area contributed by atoms with E-state index in [1.54, 1.807) is 24.3 Å². The van der Waals surface area contributed by atoms with Gasteiger partial charge in [-0.2, -0.15) is 42.0 Å². The van der Waals surface area contributed by atoms with E-state index in [1.807, 2.05) is 0 Å². The lowest BCUT2D eigenvalue weighted by Crippen LogP contribution is -2.12. The van der Waals surface area contributed by atoms with Gasteiger partial charge in [-0.25, -0.2) is 26.9 Å². The van der Waals surface area contributed by atoms with Crippen LogP contribution in [0.3, 0.4) is 0 Å². The van der Waals surface area contributed by atoms with Gasteiger partial charge in [0, 0.05) is 22.1 Å². The number of azo groups is 3. The van der Waals surface area contributed by atoms with Crippen LogP contribution in [0.15, 0.2) is 178 Å². The number of carboxylic acids is 1. The average Bonchev–Trinajstić information content (AvgIpc) is 2.65. The Morgan fingerprint density at radius 1 is 0.627 bits per heavy atom. The highest BCUT2D eigenvalue weighted by Crippen LogP contribution is 2.46. The molecule has 0 aliphatic rings. The van der Waals surface area contributed by atoms with E-state index in [9.17, 15) is 57.8 Å². The van der Waals surface area contributed by atoms with E-state index < -0.39 is 90.2 Å². The van der Waals surface area contributed by atoms with Crippen molar-refractivity contribution in [1.29, 1.82) is 0 Å². The van der Waals surface area contributed by atoms with Crippen LogP contribution < -0.4 is 26.8 Å². The molecule has 430 valence electrons. The molecule has 0 aliphatic carbocycles. The Hall–Kier alpha value is -8.92. The molecule has 0 saturated heterocycles. The Bertz CT molecular complexity index is 4400. The number of hydrogen-bond acceptors (Lipinski definition) is 28. The zero-order valence-corrected chi connectivity index (χ0v) is 46.1. The molecule has 0 aliphatic heterocycles. The van der Waals surface area contributed by atoms with Gasteiger partial charge in [0.1, 0.15) is 32.5 Å². The Balaban J connectivity index is 0.936. The van der Waals surface area contributed by atoms with Crippen LogP contribution in [0, 0.1) is 0 Å². The molecular weight excluding hydrogens is 1220 g/mol. The number of nitrogens with zero attached hydrogens (tertiary/aromatic N) is 9. The Labute approximate surface area is 477 Å². The van der Waals surface area contributed by atoms with Gasteiger partial charge in [-0.3, -0.25) is 18.0 Å². The van der Waals surface area contributed by atoms with Crippen molar-refractivity contribution < 1.29 is 76.6 Å². The monoisotopic (exact) mass is 1250 g/mol. The number of nitrogens with two attached hydrogens (primary N) is 2. The molecule has 1 aromatic heterocycles. The van der Waals surface area contributed by atoms with Gasteiger partial charge in [0.05, 0.1) is 56.2 Å². The molecule has 83 heavy (non-hydrogen) atoms. The van der Waals surface area contributed by atoms with E-state index in [2.05, 4.69) is 70.4 Å². The molecule has 8 aromatic rings. The summed E-state index contributed by atoms with van der Waals surface area (Å²) in [6, 6.07) is 27.1. The topological polar surface area (TPSA) is 483 Å². The van der Waals surface area contributed by atoms with Crippen molar-refractivity contribution in [3.63, 3.8) is 0 Å². The van der Waals surface area contributed by atoms with Crippen LogP contribution in [0.25, 0.3) is 10.8 Å². The van der Waals surface area contributed by atoms with Crippen LogP contribution in [-0.2, 0) is 53.7 Å². The van der Waals surface area contributed by atoms with Gasteiger partial charge in [0.25, 0.3) is 30.3 Å². The van der Waals surface area contributed by atoms with Crippen LogP contribution in [-0.4, -0.2) is 91.5 Å². The van der Waals surface area contributed by atoms with Crippen molar-refractivity contribution in [1.82, 2.24) is 15.0 Å². The fourth-order valence-electron chi connectivity index (χ4n) is 7.17. The summed E-state index contributed by atoms with van der Waals surface area (Å²) in [6.07, 6.45) is 0. The molecule has 0 unspecified atom stereocenters. The van der Waals surface area contributed by atoms with E-state index >= 15 is 0 Å². The summed E-state index contributed by atoms with van der Waals surface area (Å²) >= 11 is 6.20. The predicted octanol–water partition coefficient (Wildman–Crippen LogP) is 10.0. The first kappa shape index (κ1) is 60.2. The van der Waals surface area contributed by atoms with Crippen LogP contribution in [0.2, 0.25) is 5.28 Å². The molecular formula is C46H37ClN14O17S5. The fraction of sp³-hybridized carbons (Fsp3) is 0.0435. The van der Waals surface area contributed by atoms with E-state index in [4.69, 9.17) is 32.5 Å². The zero-order chi connectivity index (χ0) is 59.9. The molecule has 37 heteroatoms. The summed E-state index contributed by atoms with van der Waals surface area (Å²) in [5, 5.41) is 61.3. The molecule has 12 N–H and O–H groups in total. The van der Waals surface area contributed by atoms with E-state index in [1.165, 1.54) is 78.9 Å². The lowest BCUT2D eigenvalue weighted by Gasteiger charge is -2.12. The predicted molar refractivity (Wildman–Crippen MR) is 298 cm³/mol. The minimum absolute atomic E-state index is 0.0141. The molecule has 0 fully saturated rings. The van der Waals surface area contributed by atoms with Crippen molar-refractivity contribution in [2.45, 2.75) is 19.6 Å². The lowest BCUT2D eigenvalue weighted by molar-refractivity contribution is -0.434. The minimum atomic E-state index is -5.32. The van der Waals surface area contributed by atoms with Gasteiger partial charge in [0.2, 0.25) is 17.2 Å². The first-order valence-corrected chi connectivity index (χ1v) is 29.7. The number of aromatic nitrogens is 3. The third-order valence-corrected chi connectivity index (χ3v) is 16.4. The number of rotatable bonds is 23. The fourth-order valence-corrected chi connectivity index (χ4v) is 11.2. The SMILES string of the molecule is Nc1cc(Nc2nc(Cl)nc(Nc3ccccc3C(=O)O)n2)ccc1N=Nc1ccc(NS(=O)(=O)c2ccc(N=Nc3c(N)ccc4c(O)c(N=Nc5ccc(S(=O)(=O)CCOSOOO)cc5S(=O)(=O)O)c(S(=O)(=O)O)cc34)cc2)cc1. The van der Waals surface area contributed by atoms with Gasteiger partial charge in [0.15, 0.2) is 27.9 Å². The maximum absolute atomic E-state index is 13.4. The number of benzene rings is 7. The Morgan fingerprint density at radius 2 is 1.23 bits per heavy atom. The number of sulfonamides is 1. The highest BCUT2D eigenvalue weighted by Gasteiger charge is 2.26. The van der Waals surface area contributed by atoms with Gasteiger partial charge < -0.3 is 32.3 Å². The van der Waals surface area contributed by atoms with Crippen molar-refractivity contribution in [2.75, 3.05) is 39.2 Å². The third-order valence-electron chi connectivity index (χ3n) is 11.0. The molecule has 1 heterocycles. The lowest BCUT2D eigenvalue weighted by atomic mass is 10.1. The maximum atomic E-state index is 13.4. The van der Waals surface area contributed by atoms with Crippen LogP contribution in [0.5, 0.6) is 5.75 Å². The number of aromatic carboxylic acids is 1. The quantitative estimate of drug-likeness (QED) is 0.00541. The normalized spacial score (nSPS) is 12.4. The van der Waals surface area contributed by atoms with Crippen molar-refractivity contribution in [2.24, 2.45) is 30.7 Å². The van der Waals surface area contributed by atoms with Crippen molar-refractivity contribution >= 4 is 155 Å². The van der Waals surface area contributed by atoms with Crippen molar-refractivity contribution in [3.8, 4) is 5.75 Å². The smallest absolute Gasteiger partial charge is 0.337 e. The number of carboxylic acid groups (broad SMARTS) is 1. The second-order valence-electron chi connectivity index (χ2n) is 16.5. The molecule has 0 amide bonds. The summed E-state index contributed by atoms with van der Waals surface area (Å²) in [4.78, 5) is 20.9. The van der Waals surface area contributed by atoms with Crippen molar-refractivity contribution in [3.05, 3.63) is 138 Å². The second kappa shape index (κ2) is 25.1. The van der Waals surface area contributed by atoms with Gasteiger partial charge in [-0.05, 0) is 127 Å². The van der Waals surface area contributed by atoms with Gasteiger partial charge in [-0.1, -0.05) is 17.2 Å². The molecule has 0 radical (unpaired) electrons. The number of nitrogen functional groups attached to an aromatic ring is 2. The molecule has 0 spiro atoms. The number of aromatic hydroxyl groups is 1. The van der Waals surface area contributed by atoms with Gasteiger partial charge in [-0.15, -0.1) is 24.8 Å². The second-order valence-corrected chi connectivity index (χ2v) is 23.9. The molecule has 0 bridgehead atoms. The Kier molecular flexibility index (Phi) is 18.2. The standard InChI is InChI=1S/C46H37ClN14O17S5/c47-44-52-45(54-46(53-44)51-35-4-2-1-3-31(35)43(63)64)50-27-11-17-36(34(49)21-27)57-55-24-5-7-26(8-6-24)61-81(68,69)28-12-9-25(10-13-28)56-59-40-32-23-39(83(73,74)75)41(42(62)30(32)15-16-33(40)48)60-58-37-18-14-29(22-38(37)82(70,71)72)80(66,67)20-19-76-79-78-77-65/h1-18,21-23,61-62,65H,19-20,48-49H2,(H,63,64)(H,70,71,72)(H,73,74,75)(H2,50,51,52,53,54). The number of halogens is 1. The number of phenolic OH excluding ortho intramolecular Hbond substituents is 1. The summed E-state index contributed by atoms with van der Waals surface area (Å²) < 4.78 is 134. The third kappa shape index (κ3) is 15.0. The van der Waals surface area contributed by atoms with Crippen LogP contribution in [0.4, 0.5) is 74.5 Å². The van der Waals surface area contributed by atoms with Crippen LogP contribution >= 0.6 is 23.9 Å². The maximum Gasteiger partial charge on any atom is 0.337 e. The Morgan fingerprint density at radius 3 is 1.89 bits per heavy atom. The van der Waals surface area contributed by atoms with E-state index in [-0.39, 0.29) is 90.5 Å². The molecule has 0 atom stereocenters. The highest BCUT2D eigenvalue weighted by atomic mass is 35.5. The number of anilines is 7. The highest BCUT2D eigenvalue weighted by molar-refractivity contribution is 7.93. The number of phenols is 1. The van der Waals surface area contributed by atoms with E-state index in [0.717, 1.165) is 18.2 Å². The molecule has 7 aromatic carbocycles. The number of hydrogen-bond donors (Lipinski definition) is 10. The number of carbonyl (C=O) groups is 1. The number of nitrogens with one attached hydrogen (secondary N) is 3. The van der Waals surface area contributed by atoms with E-state index in [0.29, 0.717) is 17.4 Å². The molecule has 31 nitrogen and oxygen atoms in total. The van der Waals surface area contributed by atoms with Gasteiger partial charge >= 0.3 is 5.97 Å². The minimum Gasteiger partial charge on any atom is -0.505 e. The number of para-hydroxylation sites is 1. The summed E-state index contributed by atoms with van der Waals surface area (Å²) in [5.41, 5.74) is 12.0. The first-order valence-electron chi connectivity index (χ1n) is 22.6. The summed E-state index contributed by atoms with van der Waals surface area (Å²) in [7, 11) is -19.1. The summed E-state index contributed by atoms with van der Waals surface area (Å²) in [6.45, 7) is -0.551. The molecule has 0 saturated carbocycles. The number of fused-ring (bicyclic) bond motifs is 1. The molecule has 8 rings (SSSR count). The zero-order valence-electron chi connectivity index (χ0n) is 41.3. The largest absolute Gasteiger partial charge is 0.505 e.